The van der Waals surface area contributed by atoms with E-state index in [-0.39, 0.29) is 42.7 Å². The Hall–Kier alpha value is -1.34. The Bertz CT molecular complexity index is 1020. The summed E-state index contributed by atoms with van der Waals surface area (Å²) in [5.74, 6) is -1.16. The number of carbonyl (C=O) groups is 2. The molecule has 0 bridgehead atoms. The molecule has 4 aliphatic carbocycles. The lowest BCUT2D eigenvalue weighted by molar-refractivity contribution is -0.194. The summed E-state index contributed by atoms with van der Waals surface area (Å²) >= 11 is 0. The third-order valence-electron chi connectivity index (χ3n) is 11.5. The van der Waals surface area contributed by atoms with Crippen LogP contribution in [-0.4, -0.2) is 55.9 Å². The van der Waals surface area contributed by atoms with Crippen LogP contribution in [0.1, 0.15) is 87.5 Å². The minimum atomic E-state index is -1.59. The molecule has 0 aromatic heterocycles. The Morgan fingerprint density at radius 3 is 2.33 bits per heavy atom. The minimum Gasteiger partial charge on any atom is -0.393 e. The highest BCUT2D eigenvalue weighted by molar-refractivity contribution is 5.94. The molecule has 6 nitrogen and oxygen atoms in total. The molecule has 4 aliphatic rings. The Balaban J connectivity index is 1.80. The van der Waals surface area contributed by atoms with Gasteiger partial charge >= 0.3 is 0 Å². The van der Waals surface area contributed by atoms with Crippen molar-refractivity contribution in [3.05, 3.63) is 23.3 Å². The number of carbonyl (C=O) groups excluding carboxylic acids is 2. The number of hydrogen-bond acceptors (Lipinski definition) is 6. The molecule has 0 saturated heterocycles. The summed E-state index contributed by atoms with van der Waals surface area (Å²) in [4.78, 5) is 27.1. The van der Waals surface area contributed by atoms with Gasteiger partial charge in [-0.25, -0.2) is 0 Å². The third kappa shape index (κ3) is 3.43. The van der Waals surface area contributed by atoms with E-state index in [1.165, 1.54) is 0 Å². The van der Waals surface area contributed by atoms with Crippen molar-refractivity contribution in [2.45, 2.75) is 111 Å². The summed E-state index contributed by atoms with van der Waals surface area (Å²) < 4.78 is 0. The van der Waals surface area contributed by atoms with Crippen LogP contribution >= 0.6 is 0 Å². The molecule has 0 radical (unpaired) electrons. The molecule has 3 saturated carbocycles. The van der Waals surface area contributed by atoms with E-state index in [2.05, 4.69) is 13.0 Å². The molecule has 36 heavy (non-hydrogen) atoms. The fourth-order valence-corrected chi connectivity index (χ4v) is 9.23. The van der Waals surface area contributed by atoms with Gasteiger partial charge in [0, 0.05) is 23.2 Å². The molecule has 6 heteroatoms. The molecule has 10 atom stereocenters. The average molecular weight is 503 g/mol. The molecule has 10 unspecified atom stereocenters. The first-order chi connectivity index (χ1) is 16.4. The van der Waals surface area contributed by atoms with Crippen molar-refractivity contribution in [3.63, 3.8) is 0 Å². The second-order valence-corrected chi connectivity index (χ2v) is 14.0. The monoisotopic (exact) mass is 502 g/mol. The molecule has 0 aromatic carbocycles. The van der Waals surface area contributed by atoms with Crippen LogP contribution in [0.15, 0.2) is 23.3 Å². The second kappa shape index (κ2) is 8.33. The summed E-state index contributed by atoms with van der Waals surface area (Å²) in [6, 6.07) is 0. The number of rotatable bonds is 4. The van der Waals surface area contributed by atoms with E-state index < -0.39 is 51.5 Å². The van der Waals surface area contributed by atoms with E-state index in [0.29, 0.717) is 12.8 Å². The molecule has 0 spiro atoms. The maximum absolute atomic E-state index is 14.2. The first-order valence-electron chi connectivity index (χ1n) is 13.5. The maximum Gasteiger partial charge on any atom is 0.170 e. The van der Waals surface area contributed by atoms with Crippen LogP contribution in [0.4, 0.5) is 0 Å². The van der Waals surface area contributed by atoms with E-state index in [1.807, 2.05) is 47.6 Å². The van der Waals surface area contributed by atoms with Crippen LogP contribution in [0.5, 0.6) is 0 Å². The van der Waals surface area contributed by atoms with Gasteiger partial charge in [-0.15, -0.1) is 0 Å². The van der Waals surface area contributed by atoms with Gasteiger partial charge in [0.05, 0.1) is 17.8 Å². The Labute approximate surface area is 215 Å². The van der Waals surface area contributed by atoms with Crippen LogP contribution < -0.4 is 0 Å². The largest absolute Gasteiger partial charge is 0.393 e. The first kappa shape index (κ1) is 27.7. The standard InChI is InChI=1S/C30H46O6/c1-16(2)9-12-22(33)30(8,36)24-20(32)14-27(5)21-11-10-17-18(13-19(31)25(35)26(17,3)4)29(21,7)23(34)15-28(24,27)6/h9-10,18-22,24,31-33,36H,11-15H2,1-8H3. The fourth-order valence-electron chi connectivity index (χ4n) is 9.23. The van der Waals surface area contributed by atoms with Crippen molar-refractivity contribution < 1.29 is 30.0 Å². The highest BCUT2D eigenvalue weighted by atomic mass is 16.3. The molecule has 0 heterocycles. The number of fused-ring (bicyclic) bond motifs is 5. The Morgan fingerprint density at radius 2 is 1.75 bits per heavy atom. The number of aliphatic hydroxyl groups excluding tert-OH is 3. The van der Waals surface area contributed by atoms with E-state index in [4.69, 9.17) is 0 Å². The van der Waals surface area contributed by atoms with Gasteiger partial charge < -0.3 is 20.4 Å². The number of aliphatic hydroxyl groups is 4. The molecule has 4 rings (SSSR count). The van der Waals surface area contributed by atoms with Gasteiger partial charge in [-0.3, -0.25) is 9.59 Å². The van der Waals surface area contributed by atoms with Gasteiger partial charge in [-0.1, -0.05) is 44.1 Å². The first-order valence-corrected chi connectivity index (χ1v) is 13.5. The highest BCUT2D eigenvalue weighted by Gasteiger charge is 2.74. The van der Waals surface area contributed by atoms with Crippen molar-refractivity contribution in [2.24, 2.45) is 39.4 Å². The average Bonchev–Trinajstić information content (AvgIpc) is 2.96. The summed E-state index contributed by atoms with van der Waals surface area (Å²) in [6.07, 6.45) is 2.68. The van der Waals surface area contributed by atoms with Crippen LogP contribution in [0, 0.1) is 39.4 Å². The van der Waals surface area contributed by atoms with Gasteiger partial charge in [0.25, 0.3) is 0 Å². The lowest BCUT2D eigenvalue weighted by Crippen LogP contribution is -2.65. The molecule has 202 valence electrons. The zero-order chi connectivity index (χ0) is 27.2. The zero-order valence-corrected chi connectivity index (χ0v) is 23.3. The number of hydrogen-bond donors (Lipinski definition) is 4. The van der Waals surface area contributed by atoms with Crippen molar-refractivity contribution in [1.29, 1.82) is 0 Å². The quantitative estimate of drug-likeness (QED) is 0.435. The normalized spacial score (nSPS) is 46.1. The van der Waals surface area contributed by atoms with E-state index in [0.717, 1.165) is 11.1 Å². The van der Waals surface area contributed by atoms with Gasteiger partial charge in [-0.2, -0.15) is 0 Å². The topological polar surface area (TPSA) is 115 Å². The molecule has 3 fully saturated rings. The Kier molecular flexibility index (Phi) is 6.41. The summed E-state index contributed by atoms with van der Waals surface area (Å²) in [7, 11) is 0. The fraction of sp³-hybridized carbons (Fsp3) is 0.800. The SMILES string of the molecule is CC(C)=CCC(O)C(C)(O)C1C(O)CC2(C)C3CC=C4C(CC(O)C(=O)C4(C)C)C3(C)C(=O)CC12C. The number of ketones is 2. The van der Waals surface area contributed by atoms with Crippen molar-refractivity contribution in [1.82, 2.24) is 0 Å². The molecule has 0 aliphatic heterocycles. The van der Waals surface area contributed by atoms with Crippen LogP contribution in [0.25, 0.3) is 0 Å². The molecule has 0 aromatic rings. The maximum atomic E-state index is 14.2. The summed E-state index contributed by atoms with van der Waals surface area (Å²) in [5, 5.41) is 44.9. The predicted octanol–water partition coefficient (Wildman–Crippen LogP) is 3.75. The van der Waals surface area contributed by atoms with E-state index in [1.54, 1.807) is 6.92 Å². The number of Topliss-reactive ketones (excluding diaryl/α,β-unsaturated/α-hetero) is 2. The highest BCUT2D eigenvalue weighted by Crippen LogP contribution is 2.74. The van der Waals surface area contributed by atoms with Crippen LogP contribution in [-0.2, 0) is 9.59 Å². The van der Waals surface area contributed by atoms with Crippen LogP contribution in [0.2, 0.25) is 0 Å². The van der Waals surface area contributed by atoms with Gasteiger partial charge in [0.15, 0.2) is 5.78 Å². The van der Waals surface area contributed by atoms with Gasteiger partial charge in [0.1, 0.15) is 11.9 Å². The predicted molar refractivity (Wildman–Crippen MR) is 138 cm³/mol. The van der Waals surface area contributed by atoms with Gasteiger partial charge in [-0.05, 0) is 83.0 Å². The molecule has 0 amide bonds. The minimum absolute atomic E-state index is 0.0640. The van der Waals surface area contributed by atoms with Crippen LogP contribution in [0.3, 0.4) is 0 Å². The van der Waals surface area contributed by atoms with Crippen molar-refractivity contribution >= 4 is 11.6 Å². The smallest absolute Gasteiger partial charge is 0.170 e. The molecular formula is C30H46O6. The Morgan fingerprint density at radius 1 is 1.14 bits per heavy atom. The van der Waals surface area contributed by atoms with E-state index >= 15 is 0 Å². The number of allylic oxidation sites excluding steroid dienone is 3. The molecular weight excluding hydrogens is 456 g/mol. The van der Waals surface area contributed by atoms with E-state index in [9.17, 15) is 30.0 Å². The van der Waals surface area contributed by atoms with Gasteiger partial charge in [0.2, 0.25) is 0 Å². The second-order valence-electron chi connectivity index (χ2n) is 14.0. The molecule has 4 N–H and O–H groups in total. The van der Waals surface area contributed by atoms with Crippen molar-refractivity contribution in [2.75, 3.05) is 0 Å². The van der Waals surface area contributed by atoms with Crippen molar-refractivity contribution in [3.8, 4) is 0 Å². The third-order valence-corrected chi connectivity index (χ3v) is 11.5. The summed E-state index contributed by atoms with van der Waals surface area (Å²) in [5.41, 5.74) is -2.41. The lowest BCUT2D eigenvalue weighted by atomic mass is 9.38. The summed E-state index contributed by atoms with van der Waals surface area (Å²) in [6.45, 7) is 15.3. The lowest BCUT2D eigenvalue weighted by Gasteiger charge is -2.64. The zero-order valence-electron chi connectivity index (χ0n) is 23.3.